The maximum Gasteiger partial charge on any atom is 0.416 e. The first-order valence-electron chi connectivity index (χ1n) is 10.4. The van der Waals surface area contributed by atoms with E-state index in [0.29, 0.717) is 36.3 Å². The van der Waals surface area contributed by atoms with Crippen LogP contribution >= 0.6 is 47.2 Å². The van der Waals surface area contributed by atoms with Crippen LogP contribution in [-0.2, 0) is 15.8 Å². The van der Waals surface area contributed by atoms with Gasteiger partial charge in [0, 0.05) is 5.69 Å². The Labute approximate surface area is 229 Å². The molecule has 12 heteroatoms. The van der Waals surface area contributed by atoms with Gasteiger partial charge in [0.2, 0.25) is 0 Å². The number of benzene rings is 3. The number of rotatable bonds is 6. The number of nitrogens with zero attached hydrogens (tertiary/aromatic N) is 1. The van der Waals surface area contributed by atoms with Crippen LogP contribution in [0.2, 0.25) is 10.0 Å². The van der Waals surface area contributed by atoms with Crippen LogP contribution in [0.5, 0.6) is 5.75 Å². The number of hydrogen-bond donors (Lipinski definition) is 1. The molecule has 0 spiro atoms. The summed E-state index contributed by atoms with van der Waals surface area (Å²) >= 11 is 18.5. The van der Waals surface area contributed by atoms with Crippen molar-refractivity contribution in [2.45, 2.75) is 6.18 Å². The Bertz CT molecular complexity index is 1410. The van der Waals surface area contributed by atoms with E-state index in [9.17, 15) is 22.8 Å². The van der Waals surface area contributed by atoms with Crippen molar-refractivity contribution in [2.24, 2.45) is 0 Å². The number of halogens is 5. The van der Waals surface area contributed by atoms with Crippen molar-refractivity contribution in [1.29, 1.82) is 0 Å². The molecule has 0 saturated carbocycles. The second-order valence-corrected chi connectivity index (χ2v) is 10.1. The standard InChI is InChI=1S/C25H15Cl2F3N2O3S2/c26-19-9-6-17(12-20(19)27)32-23(34)21(37-24(32)36)10-14-4-7-18(8-5-14)35-13-22(33)31-16-3-1-2-15(11-16)25(28,29)30/h1-12H,13H2,(H,31,33)/b21-10-. The van der Waals surface area contributed by atoms with Crippen molar-refractivity contribution in [3.05, 3.63) is 92.8 Å². The van der Waals surface area contributed by atoms with E-state index in [1.807, 2.05) is 0 Å². The summed E-state index contributed by atoms with van der Waals surface area (Å²) in [5.74, 6) is -0.561. The SMILES string of the molecule is O=C(COc1ccc(/C=C2\SC(=S)N(c3ccc(Cl)c(Cl)c3)C2=O)cc1)Nc1cccc(C(F)(F)F)c1. The van der Waals surface area contributed by atoms with Crippen molar-refractivity contribution in [3.8, 4) is 5.75 Å². The number of anilines is 2. The van der Waals surface area contributed by atoms with Gasteiger partial charge in [-0.2, -0.15) is 13.2 Å². The second-order valence-electron chi connectivity index (χ2n) is 7.60. The first-order chi connectivity index (χ1) is 17.5. The minimum atomic E-state index is -4.51. The summed E-state index contributed by atoms with van der Waals surface area (Å²) in [7, 11) is 0. The van der Waals surface area contributed by atoms with Crippen LogP contribution in [-0.4, -0.2) is 22.7 Å². The van der Waals surface area contributed by atoms with Gasteiger partial charge in [-0.05, 0) is 60.2 Å². The van der Waals surface area contributed by atoms with E-state index >= 15 is 0 Å². The number of carbonyl (C=O) groups excluding carboxylic acids is 2. The summed E-state index contributed by atoms with van der Waals surface area (Å²) in [4.78, 5) is 26.8. The predicted octanol–water partition coefficient (Wildman–Crippen LogP) is 7.44. The highest BCUT2D eigenvalue weighted by molar-refractivity contribution is 8.27. The summed E-state index contributed by atoms with van der Waals surface area (Å²) in [6.45, 7) is -0.405. The van der Waals surface area contributed by atoms with Gasteiger partial charge in [0.15, 0.2) is 10.9 Å². The molecule has 1 fully saturated rings. The van der Waals surface area contributed by atoms with Gasteiger partial charge in [0.05, 0.1) is 26.2 Å². The number of hydrogen-bond acceptors (Lipinski definition) is 5. The number of carbonyl (C=O) groups is 2. The monoisotopic (exact) mass is 582 g/mol. The molecular weight excluding hydrogens is 568 g/mol. The van der Waals surface area contributed by atoms with E-state index in [2.05, 4.69) is 5.32 Å². The molecule has 1 aliphatic heterocycles. The van der Waals surface area contributed by atoms with E-state index in [0.717, 1.165) is 23.9 Å². The minimum Gasteiger partial charge on any atom is -0.484 e. The van der Waals surface area contributed by atoms with Crippen LogP contribution in [0.25, 0.3) is 6.08 Å². The molecule has 37 heavy (non-hydrogen) atoms. The number of alkyl halides is 3. The quantitative estimate of drug-likeness (QED) is 0.242. The van der Waals surface area contributed by atoms with Crippen LogP contribution < -0.4 is 15.0 Å². The largest absolute Gasteiger partial charge is 0.484 e. The zero-order valence-electron chi connectivity index (χ0n) is 18.5. The summed E-state index contributed by atoms with van der Waals surface area (Å²) in [5.41, 5.74) is 0.343. The normalized spacial score (nSPS) is 14.8. The van der Waals surface area contributed by atoms with Gasteiger partial charge in [-0.15, -0.1) is 0 Å². The summed E-state index contributed by atoms with van der Waals surface area (Å²) in [6.07, 6.45) is -2.84. The highest BCUT2D eigenvalue weighted by Crippen LogP contribution is 2.38. The molecule has 1 N–H and O–H groups in total. The van der Waals surface area contributed by atoms with Crippen LogP contribution in [0.4, 0.5) is 24.5 Å². The third-order valence-electron chi connectivity index (χ3n) is 4.98. The van der Waals surface area contributed by atoms with Gasteiger partial charge < -0.3 is 10.1 Å². The number of thiocarbonyl (C=S) groups is 1. The number of nitrogens with one attached hydrogen (secondary N) is 1. The third kappa shape index (κ3) is 6.64. The van der Waals surface area contributed by atoms with Gasteiger partial charge in [-0.1, -0.05) is 65.4 Å². The molecule has 190 valence electrons. The molecule has 4 rings (SSSR count). The minimum absolute atomic E-state index is 0.0111. The Morgan fingerprint density at radius 2 is 1.78 bits per heavy atom. The number of thioether (sulfide) groups is 1. The van der Waals surface area contributed by atoms with Gasteiger partial charge in [0.25, 0.3) is 11.8 Å². The molecule has 2 amide bonds. The molecule has 3 aromatic rings. The van der Waals surface area contributed by atoms with E-state index in [1.165, 1.54) is 17.0 Å². The van der Waals surface area contributed by atoms with Crippen LogP contribution in [0, 0.1) is 0 Å². The fraction of sp³-hybridized carbons (Fsp3) is 0.0800. The fourth-order valence-electron chi connectivity index (χ4n) is 3.25. The molecule has 5 nitrogen and oxygen atoms in total. The average Bonchev–Trinajstić information content (AvgIpc) is 3.12. The molecule has 0 aromatic heterocycles. The van der Waals surface area contributed by atoms with Crippen molar-refractivity contribution in [3.63, 3.8) is 0 Å². The molecule has 1 saturated heterocycles. The maximum absolute atomic E-state index is 12.9. The predicted molar refractivity (Wildman–Crippen MR) is 144 cm³/mol. The topological polar surface area (TPSA) is 58.6 Å². The van der Waals surface area contributed by atoms with Crippen molar-refractivity contribution in [2.75, 3.05) is 16.8 Å². The Balaban J connectivity index is 1.36. The molecule has 3 aromatic carbocycles. The maximum atomic E-state index is 12.9. The molecule has 0 atom stereocenters. The first-order valence-corrected chi connectivity index (χ1v) is 12.4. The Hall–Kier alpha value is -3.05. The van der Waals surface area contributed by atoms with Crippen LogP contribution in [0.15, 0.2) is 71.6 Å². The summed E-state index contributed by atoms with van der Waals surface area (Å²) in [5, 5.41) is 3.04. The molecule has 1 aliphatic rings. The molecule has 0 radical (unpaired) electrons. The average molecular weight is 583 g/mol. The van der Waals surface area contributed by atoms with E-state index in [4.69, 9.17) is 40.2 Å². The lowest BCUT2D eigenvalue weighted by molar-refractivity contribution is -0.137. The van der Waals surface area contributed by atoms with E-state index in [1.54, 1.807) is 48.5 Å². The number of ether oxygens (including phenoxy) is 1. The van der Waals surface area contributed by atoms with Gasteiger partial charge in [-0.3, -0.25) is 14.5 Å². The van der Waals surface area contributed by atoms with Crippen molar-refractivity contribution >= 4 is 80.8 Å². The first kappa shape index (κ1) is 27.0. The third-order valence-corrected chi connectivity index (χ3v) is 7.02. The Morgan fingerprint density at radius 1 is 1.05 bits per heavy atom. The van der Waals surface area contributed by atoms with Crippen molar-refractivity contribution in [1.82, 2.24) is 0 Å². The lowest BCUT2D eigenvalue weighted by atomic mass is 10.2. The molecule has 1 heterocycles. The highest BCUT2D eigenvalue weighted by atomic mass is 35.5. The second kappa shape index (κ2) is 11.1. The molecule has 0 aliphatic carbocycles. The van der Waals surface area contributed by atoms with Crippen LogP contribution in [0.1, 0.15) is 11.1 Å². The van der Waals surface area contributed by atoms with Crippen molar-refractivity contribution < 1.29 is 27.5 Å². The van der Waals surface area contributed by atoms with Crippen LogP contribution in [0.3, 0.4) is 0 Å². The van der Waals surface area contributed by atoms with Gasteiger partial charge in [0.1, 0.15) is 5.75 Å². The Morgan fingerprint density at radius 3 is 2.46 bits per heavy atom. The smallest absolute Gasteiger partial charge is 0.416 e. The zero-order chi connectivity index (χ0) is 26.7. The lowest BCUT2D eigenvalue weighted by Crippen LogP contribution is -2.27. The van der Waals surface area contributed by atoms with E-state index in [-0.39, 0.29) is 11.6 Å². The molecule has 0 bridgehead atoms. The van der Waals surface area contributed by atoms with E-state index < -0.39 is 24.3 Å². The highest BCUT2D eigenvalue weighted by Gasteiger charge is 2.33. The molecule has 0 unspecified atom stereocenters. The zero-order valence-corrected chi connectivity index (χ0v) is 21.7. The summed E-state index contributed by atoms with van der Waals surface area (Å²) in [6, 6.07) is 15.7. The Kier molecular flexibility index (Phi) is 8.13. The molecular formula is C25H15Cl2F3N2O3S2. The summed E-state index contributed by atoms with van der Waals surface area (Å²) < 4.78 is 44.2. The van der Waals surface area contributed by atoms with Gasteiger partial charge in [-0.25, -0.2) is 0 Å². The number of amides is 2. The van der Waals surface area contributed by atoms with Gasteiger partial charge >= 0.3 is 6.18 Å². The lowest BCUT2D eigenvalue weighted by Gasteiger charge is -2.15. The fourth-order valence-corrected chi connectivity index (χ4v) is 4.84.